The second-order valence-electron chi connectivity index (χ2n) is 11.5. The molecule has 0 saturated heterocycles. The lowest BCUT2D eigenvalue weighted by molar-refractivity contribution is -0.136. The largest absolute Gasteiger partial charge is 0.325 e. The Kier molecular flexibility index (Phi) is 8.77. The Hall–Kier alpha value is -4.47. The first kappa shape index (κ1) is 29.6. The number of carbonyl (C=O) groups excluding carboxylic acids is 2. The number of allylic oxidation sites excluding steroid dienone is 1. The maximum absolute atomic E-state index is 14.2. The zero-order chi connectivity index (χ0) is 30.6. The van der Waals surface area contributed by atoms with Gasteiger partial charge in [0.05, 0.1) is 5.69 Å². The Morgan fingerprint density at radius 3 is 2.84 bits per heavy atom. The van der Waals surface area contributed by atoms with Crippen molar-refractivity contribution in [1.29, 1.82) is 0 Å². The molecule has 1 unspecified atom stereocenters. The highest BCUT2D eigenvalue weighted by Crippen LogP contribution is 2.34. The van der Waals surface area contributed by atoms with E-state index < -0.39 is 6.04 Å². The van der Waals surface area contributed by atoms with E-state index in [-0.39, 0.29) is 18.1 Å². The molecule has 0 radical (unpaired) electrons. The summed E-state index contributed by atoms with van der Waals surface area (Å²) >= 11 is 6.30. The average molecular weight is 608 g/mol. The van der Waals surface area contributed by atoms with Crippen molar-refractivity contribution in [2.24, 2.45) is 0 Å². The number of aryl methyl sites for hydroxylation is 1. The molecule has 1 atom stereocenters. The smallest absolute Gasteiger partial charge is 0.247 e. The third-order valence-corrected chi connectivity index (χ3v) is 8.44. The van der Waals surface area contributed by atoms with Crippen LogP contribution in [0.3, 0.4) is 0 Å². The predicted octanol–water partition coefficient (Wildman–Crippen LogP) is 4.73. The first-order valence-corrected chi connectivity index (χ1v) is 15.2. The number of hydrogen-bond acceptors (Lipinski definition) is 7. The molecule has 0 saturated carbocycles. The molecule has 2 aliphatic rings. The van der Waals surface area contributed by atoms with Crippen LogP contribution in [0.5, 0.6) is 0 Å². The van der Waals surface area contributed by atoms with Crippen LogP contribution < -0.4 is 0 Å². The standard InChI is InChI=1S/C34H34ClN7O2/c1-40(2)17-4-7-30-28-15-18-41(33(44)13-10-26-21-27(35)11-12-31(26)42-22-37-38-39-42)34(29(28)14-16-36-30)32(43)20-23-8-9-24-5-3-6-25(24)19-23/h3,5,8-14,16,19,21-22,34H,4,6-7,15,17-18,20H2,1-2H3/b13-10+. The van der Waals surface area contributed by atoms with E-state index in [1.54, 1.807) is 35.4 Å². The third-order valence-electron chi connectivity index (χ3n) is 8.21. The molecule has 0 bridgehead atoms. The van der Waals surface area contributed by atoms with Gasteiger partial charge in [-0.1, -0.05) is 42.0 Å². The Morgan fingerprint density at radius 2 is 2.02 bits per heavy atom. The van der Waals surface area contributed by atoms with E-state index >= 15 is 0 Å². The molecular weight excluding hydrogens is 574 g/mol. The summed E-state index contributed by atoms with van der Waals surface area (Å²) in [4.78, 5) is 36.6. The number of hydrogen-bond donors (Lipinski definition) is 0. The minimum absolute atomic E-state index is 0.0128. The number of ketones is 1. The quantitative estimate of drug-likeness (QED) is 0.241. The highest BCUT2D eigenvalue weighted by atomic mass is 35.5. The lowest BCUT2D eigenvalue weighted by atomic mass is 9.86. The molecule has 2 aromatic heterocycles. The van der Waals surface area contributed by atoms with E-state index in [0.717, 1.165) is 48.2 Å². The summed E-state index contributed by atoms with van der Waals surface area (Å²) in [7, 11) is 4.12. The molecule has 1 aliphatic heterocycles. The van der Waals surface area contributed by atoms with Crippen molar-refractivity contribution in [2.75, 3.05) is 27.2 Å². The Balaban J connectivity index is 1.31. The van der Waals surface area contributed by atoms with Crippen LogP contribution in [-0.2, 0) is 35.3 Å². The minimum Gasteiger partial charge on any atom is -0.325 e. The van der Waals surface area contributed by atoms with Crippen LogP contribution in [-0.4, -0.2) is 73.9 Å². The summed E-state index contributed by atoms with van der Waals surface area (Å²) in [5, 5.41) is 11.9. The highest BCUT2D eigenvalue weighted by Gasteiger charge is 2.36. The molecule has 224 valence electrons. The van der Waals surface area contributed by atoms with Crippen LogP contribution in [0.25, 0.3) is 17.8 Å². The number of carbonyl (C=O) groups is 2. The number of Topliss-reactive ketones (excluding diaryl/α,β-unsaturated/α-hetero) is 1. The predicted molar refractivity (Wildman–Crippen MR) is 170 cm³/mol. The molecule has 9 nitrogen and oxygen atoms in total. The lowest BCUT2D eigenvalue weighted by Crippen LogP contribution is -2.43. The molecule has 10 heteroatoms. The van der Waals surface area contributed by atoms with Gasteiger partial charge in [0.1, 0.15) is 12.4 Å². The normalized spacial score (nSPS) is 15.6. The van der Waals surface area contributed by atoms with Crippen LogP contribution >= 0.6 is 11.6 Å². The van der Waals surface area contributed by atoms with Crippen molar-refractivity contribution >= 4 is 35.4 Å². The van der Waals surface area contributed by atoms with Gasteiger partial charge in [0.15, 0.2) is 5.78 Å². The van der Waals surface area contributed by atoms with Gasteiger partial charge in [-0.25, -0.2) is 0 Å². The maximum atomic E-state index is 14.2. The van der Waals surface area contributed by atoms with Crippen LogP contribution in [0.4, 0.5) is 0 Å². The fourth-order valence-electron chi connectivity index (χ4n) is 6.10. The molecule has 0 N–H and O–H groups in total. The number of nitrogens with zero attached hydrogens (tertiary/aromatic N) is 7. The maximum Gasteiger partial charge on any atom is 0.247 e. The zero-order valence-electron chi connectivity index (χ0n) is 24.9. The second kappa shape index (κ2) is 13.0. The number of tetrazole rings is 1. The summed E-state index contributed by atoms with van der Waals surface area (Å²) in [5.41, 5.74) is 7.71. The van der Waals surface area contributed by atoms with Crippen molar-refractivity contribution in [2.45, 2.75) is 38.1 Å². The fourth-order valence-corrected chi connectivity index (χ4v) is 6.29. The molecule has 4 aromatic rings. The first-order valence-electron chi connectivity index (χ1n) is 14.8. The number of halogens is 1. The molecule has 6 rings (SSSR count). The van der Waals surface area contributed by atoms with Crippen LogP contribution in [0.1, 0.15) is 51.5 Å². The molecule has 0 spiro atoms. The summed E-state index contributed by atoms with van der Waals surface area (Å²) in [6, 6.07) is 12.7. The summed E-state index contributed by atoms with van der Waals surface area (Å²) < 4.78 is 1.51. The van der Waals surface area contributed by atoms with Gasteiger partial charge >= 0.3 is 0 Å². The summed E-state index contributed by atoms with van der Waals surface area (Å²) in [6.07, 6.45) is 14.3. The first-order chi connectivity index (χ1) is 21.4. The lowest BCUT2D eigenvalue weighted by Gasteiger charge is -2.36. The number of aromatic nitrogens is 5. The summed E-state index contributed by atoms with van der Waals surface area (Å²) in [5.74, 6) is -0.262. The van der Waals surface area contributed by atoms with Gasteiger partial charge in [0.2, 0.25) is 5.91 Å². The van der Waals surface area contributed by atoms with Gasteiger partial charge < -0.3 is 9.80 Å². The Morgan fingerprint density at radius 1 is 1.14 bits per heavy atom. The van der Waals surface area contributed by atoms with E-state index in [4.69, 9.17) is 16.6 Å². The Bertz CT molecular complexity index is 1750. The number of amides is 1. The number of pyridine rings is 1. The van der Waals surface area contributed by atoms with E-state index in [9.17, 15) is 9.59 Å². The molecule has 44 heavy (non-hydrogen) atoms. The number of benzene rings is 2. The highest BCUT2D eigenvalue weighted by molar-refractivity contribution is 6.30. The van der Waals surface area contributed by atoms with Crippen molar-refractivity contribution in [3.05, 3.63) is 111 Å². The van der Waals surface area contributed by atoms with E-state index in [1.807, 2.05) is 12.1 Å². The molecule has 0 fully saturated rings. The molecule has 3 heterocycles. The van der Waals surface area contributed by atoms with Crippen molar-refractivity contribution in [3.63, 3.8) is 0 Å². The van der Waals surface area contributed by atoms with Crippen molar-refractivity contribution in [3.8, 4) is 5.69 Å². The topological polar surface area (TPSA) is 97.1 Å². The van der Waals surface area contributed by atoms with Gasteiger partial charge in [-0.2, -0.15) is 4.68 Å². The number of fused-ring (bicyclic) bond motifs is 2. The van der Waals surface area contributed by atoms with Gasteiger partial charge in [0, 0.05) is 41.5 Å². The number of rotatable bonds is 10. The van der Waals surface area contributed by atoms with Gasteiger partial charge in [-0.05, 0) is 115 Å². The van der Waals surface area contributed by atoms with E-state index in [1.165, 1.54) is 28.2 Å². The molecule has 1 amide bonds. The monoisotopic (exact) mass is 607 g/mol. The van der Waals surface area contributed by atoms with Crippen molar-refractivity contribution in [1.82, 2.24) is 35.0 Å². The second-order valence-corrected chi connectivity index (χ2v) is 11.9. The van der Waals surface area contributed by atoms with Gasteiger partial charge in [-0.15, -0.1) is 5.10 Å². The van der Waals surface area contributed by atoms with Gasteiger partial charge in [0.25, 0.3) is 0 Å². The molecule has 1 aliphatic carbocycles. The molecule has 2 aromatic carbocycles. The molecular formula is C34H34ClN7O2. The minimum atomic E-state index is -0.712. The van der Waals surface area contributed by atoms with E-state index in [0.29, 0.717) is 29.2 Å². The van der Waals surface area contributed by atoms with Crippen LogP contribution in [0, 0.1) is 0 Å². The fraction of sp³-hybridized carbons (Fsp3) is 0.294. The summed E-state index contributed by atoms with van der Waals surface area (Å²) in [6.45, 7) is 1.37. The van der Waals surface area contributed by atoms with E-state index in [2.05, 4.69) is 58.8 Å². The van der Waals surface area contributed by atoms with Gasteiger partial charge in [-0.3, -0.25) is 14.6 Å². The van der Waals surface area contributed by atoms with Crippen molar-refractivity contribution < 1.29 is 9.59 Å². The Labute approximate surface area is 261 Å². The van der Waals surface area contributed by atoms with Crippen LogP contribution in [0.2, 0.25) is 5.02 Å². The SMILES string of the molecule is CN(C)CCCc1nccc2c1CCN(C(=O)/C=C/c1cc(Cl)ccc1-n1cnnn1)C2C(=O)Cc1ccc2c(c1)CC=C2. The average Bonchev–Trinajstić information content (AvgIpc) is 3.72. The zero-order valence-corrected chi connectivity index (χ0v) is 25.6. The van der Waals surface area contributed by atoms with Crippen LogP contribution in [0.15, 0.2) is 67.1 Å². The third kappa shape index (κ3) is 6.39.